The van der Waals surface area contributed by atoms with Crippen LogP contribution in [0.1, 0.15) is 6.42 Å². The molecule has 2 rings (SSSR count). The first-order chi connectivity index (χ1) is 7.99. The van der Waals surface area contributed by atoms with Crippen LogP contribution >= 0.6 is 24.2 Å². The van der Waals surface area contributed by atoms with E-state index in [9.17, 15) is 14.9 Å². The lowest BCUT2D eigenvalue weighted by atomic mass is 10.2. The smallest absolute Gasteiger partial charge is 0.289 e. The van der Waals surface area contributed by atoms with Crippen molar-refractivity contribution in [3.63, 3.8) is 0 Å². The Morgan fingerprint density at radius 3 is 2.76 bits per heavy atom. The molecular weight excluding hydrogens is 264 g/mol. The number of hydrogen-bond donors (Lipinski definition) is 1. The third-order valence-corrected chi connectivity index (χ3v) is 3.21. The Hall–Kier alpha value is -1.27. The molecule has 0 radical (unpaired) electrons. The van der Waals surface area contributed by atoms with Gasteiger partial charge in [0.05, 0.1) is 10.6 Å². The standard InChI is InChI=1S/C10H9ClN2O3S/c11-8-2-1-6(3-9(8)13(15)16)12-5-7(17)4-10(12)14/h1-3,7,17H,4-5H2. The minimum absolute atomic E-state index is 0.0303. The second-order valence-electron chi connectivity index (χ2n) is 3.76. The summed E-state index contributed by atoms with van der Waals surface area (Å²) in [4.78, 5) is 23.3. The third kappa shape index (κ3) is 2.37. The zero-order valence-corrected chi connectivity index (χ0v) is 10.3. The predicted octanol–water partition coefficient (Wildman–Crippen LogP) is 2.28. The number of benzene rings is 1. The maximum absolute atomic E-state index is 11.6. The zero-order chi connectivity index (χ0) is 12.6. The van der Waals surface area contributed by atoms with Gasteiger partial charge in [0, 0.05) is 24.3 Å². The van der Waals surface area contributed by atoms with Crippen molar-refractivity contribution in [2.45, 2.75) is 11.7 Å². The largest absolute Gasteiger partial charge is 0.311 e. The number of thiol groups is 1. The summed E-state index contributed by atoms with van der Waals surface area (Å²) in [5.41, 5.74) is 0.294. The number of carbonyl (C=O) groups excluding carboxylic acids is 1. The normalized spacial score (nSPS) is 19.8. The van der Waals surface area contributed by atoms with Gasteiger partial charge in [-0.25, -0.2) is 0 Å². The van der Waals surface area contributed by atoms with E-state index in [0.717, 1.165) is 0 Å². The van der Waals surface area contributed by atoms with E-state index in [1.165, 1.54) is 17.0 Å². The molecule has 1 aliphatic rings. The molecule has 0 spiro atoms. The number of nitro groups is 1. The van der Waals surface area contributed by atoms with Crippen LogP contribution in [0.4, 0.5) is 11.4 Å². The van der Waals surface area contributed by atoms with Crippen LogP contribution in [0.5, 0.6) is 0 Å². The van der Waals surface area contributed by atoms with E-state index in [1.54, 1.807) is 6.07 Å². The second kappa shape index (κ2) is 4.54. The average Bonchev–Trinajstić information content (AvgIpc) is 2.58. The lowest BCUT2D eigenvalue weighted by molar-refractivity contribution is -0.384. The van der Waals surface area contributed by atoms with E-state index >= 15 is 0 Å². The number of anilines is 1. The highest BCUT2D eigenvalue weighted by Gasteiger charge is 2.29. The Morgan fingerprint density at radius 1 is 1.53 bits per heavy atom. The van der Waals surface area contributed by atoms with E-state index in [0.29, 0.717) is 18.7 Å². The number of nitrogens with zero attached hydrogens (tertiary/aromatic N) is 2. The van der Waals surface area contributed by atoms with Crippen LogP contribution in [0.25, 0.3) is 0 Å². The van der Waals surface area contributed by atoms with E-state index < -0.39 is 4.92 Å². The van der Waals surface area contributed by atoms with Gasteiger partial charge in [-0.05, 0) is 12.1 Å². The molecule has 0 aromatic heterocycles. The molecule has 17 heavy (non-hydrogen) atoms. The first kappa shape index (κ1) is 12.2. The average molecular weight is 273 g/mol. The van der Waals surface area contributed by atoms with Crippen molar-refractivity contribution in [3.05, 3.63) is 33.3 Å². The van der Waals surface area contributed by atoms with Crippen LogP contribution in [-0.4, -0.2) is 22.6 Å². The fourth-order valence-corrected chi connectivity index (χ4v) is 2.25. The van der Waals surface area contributed by atoms with Gasteiger partial charge in [0.1, 0.15) is 5.02 Å². The van der Waals surface area contributed by atoms with Crippen molar-refractivity contribution < 1.29 is 9.72 Å². The molecule has 0 saturated carbocycles. The first-order valence-corrected chi connectivity index (χ1v) is 5.81. The van der Waals surface area contributed by atoms with Crippen LogP contribution in [-0.2, 0) is 4.79 Å². The number of carbonyl (C=O) groups is 1. The van der Waals surface area contributed by atoms with Crippen molar-refractivity contribution >= 4 is 41.5 Å². The summed E-state index contributed by atoms with van der Waals surface area (Å²) in [5.74, 6) is -0.0818. The molecule has 0 bridgehead atoms. The van der Waals surface area contributed by atoms with Gasteiger partial charge < -0.3 is 4.90 Å². The number of halogens is 1. The maximum atomic E-state index is 11.6. The summed E-state index contributed by atoms with van der Waals surface area (Å²) < 4.78 is 0. The van der Waals surface area contributed by atoms with Crippen molar-refractivity contribution in [1.82, 2.24) is 0 Å². The molecule has 0 N–H and O–H groups in total. The zero-order valence-electron chi connectivity index (χ0n) is 8.67. The Labute approximate surface area is 108 Å². The topological polar surface area (TPSA) is 63.5 Å². The number of rotatable bonds is 2. The van der Waals surface area contributed by atoms with Gasteiger partial charge in [-0.15, -0.1) is 0 Å². The second-order valence-corrected chi connectivity index (χ2v) is 4.89. The van der Waals surface area contributed by atoms with Crippen LogP contribution in [0.15, 0.2) is 18.2 Å². The van der Waals surface area contributed by atoms with E-state index in [2.05, 4.69) is 12.6 Å². The van der Waals surface area contributed by atoms with Gasteiger partial charge >= 0.3 is 0 Å². The summed E-state index contributed by atoms with van der Waals surface area (Å²) in [7, 11) is 0. The summed E-state index contributed by atoms with van der Waals surface area (Å²) in [6.45, 7) is 0.459. The SMILES string of the molecule is O=C1CC(S)CN1c1ccc(Cl)c([N+](=O)[O-])c1. The fraction of sp³-hybridized carbons (Fsp3) is 0.300. The molecule has 1 heterocycles. The Bertz CT molecular complexity index is 494. The lowest BCUT2D eigenvalue weighted by Crippen LogP contribution is -2.24. The van der Waals surface area contributed by atoms with Crippen LogP contribution in [0, 0.1) is 10.1 Å². The summed E-state index contributed by atoms with van der Waals surface area (Å²) in [5, 5.41) is 10.8. The van der Waals surface area contributed by atoms with Gasteiger partial charge in [0.2, 0.25) is 5.91 Å². The molecule has 1 atom stereocenters. The maximum Gasteiger partial charge on any atom is 0.289 e. The molecular formula is C10H9ClN2O3S. The fourth-order valence-electron chi connectivity index (χ4n) is 1.75. The predicted molar refractivity (Wildman–Crippen MR) is 67.9 cm³/mol. The highest BCUT2D eigenvalue weighted by molar-refractivity contribution is 7.81. The molecule has 1 aromatic rings. The van der Waals surface area contributed by atoms with Gasteiger partial charge in [0.15, 0.2) is 0 Å². The van der Waals surface area contributed by atoms with Crippen molar-refractivity contribution in [2.24, 2.45) is 0 Å². The Kier molecular flexibility index (Phi) is 3.26. The quantitative estimate of drug-likeness (QED) is 0.510. The van der Waals surface area contributed by atoms with Gasteiger partial charge in [-0.2, -0.15) is 12.6 Å². The minimum atomic E-state index is -0.565. The van der Waals surface area contributed by atoms with Gasteiger partial charge in [0.25, 0.3) is 5.69 Å². The highest BCUT2D eigenvalue weighted by atomic mass is 35.5. The van der Waals surface area contributed by atoms with Crippen LogP contribution in [0.2, 0.25) is 5.02 Å². The van der Waals surface area contributed by atoms with Crippen LogP contribution < -0.4 is 4.90 Å². The molecule has 1 saturated heterocycles. The van der Waals surface area contributed by atoms with E-state index in [4.69, 9.17) is 11.6 Å². The third-order valence-electron chi connectivity index (χ3n) is 2.54. The molecule has 0 aliphatic carbocycles. The molecule has 1 aliphatic heterocycles. The van der Waals surface area contributed by atoms with Gasteiger partial charge in [-0.3, -0.25) is 14.9 Å². The molecule has 1 fully saturated rings. The summed E-state index contributed by atoms with van der Waals surface area (Å²) in [6, 6.07) is 4.33. The minimum Gasteiger partial charge on any atom is -0.311 e. The summed E-state index contributed by atoms with van der Waals surface area (Å²) >= 11 is 9.93. The van der Waals surface area contributed by atoms with Crippen molar-refractivity contribution in [3.8, 4) is 0 Å². The number of amides is 1. The molecule has 1 amide bonds. The first-order valence-electron chi connectivity index (χ1n) is 4.91. The Morgan fingerprint density at radius 2 is 2.24 bits per heavy atom. The highest BCUT2D eigenvalue weighted by Crippen LogP contribution is 2.31. The molecule has 1 unspecified atom stereocenters. The number of hydrogen-bond acceptors (Lipinski definition) is 4. The summed E-state index contributed by atoms with van der Waals surface area (Å²) in [6.07, 6.45) is 0.347. The number of nitro benzene ring substituents is 1. The van der Waals surface area contributed by atoms with Crippen molar-refractivity contribution in [1.29, 1.82) is 0 Å². The molecule has 1 aromatic carbocycles. The molecule has 7 heteroatoms. The van der Waals surface area contributed by atoms with E-state index in [-0.39, 0.29) is 21.9 Å². The van der Waals surface area contributed by atoms with Gasteiger partial charge in [-0.1, -0.05) is 11.6 Å². The molecule has 5 nitrogen and oxygen atoms in total. The monoisotopic (exact) mass is 272 g/mol. The lowest BCUT2D eigenvalue weighted by Gasteiger charge is -2.15. The van der Waals surface area contributed by atoms with E-state index in [1.807, 2.05) is 0 Å². The Balaban J connectivity index is 2.37. The van der Waals surface area contributed by atoms with Crippen LogP contribution in [0.3, 0.4) is 0 Å². The van der Waals surface area contributed by atoms with Crippen molar-refractivity contribution in [2.75, 3.05) is 11.4 Å². The molecule has 90 valence electrons.